The van der Waals surface area contributed by atoms with Crippen molar-refractivity contribution in [2.45, 2.75) is 0 Å². The van der Waals surface area contributed by atoms with Gasteiger partial charge in [0, 0.05) is 0 Å². The highest BCUT2D eigenvalue weighted by Gasteiger charge is 2.13. The molecule has 21 heavy (non-hydrogen) atoms. The van der Waals surface area contributed by atoms with Gasteiger partial charge in [-0.1, -0.05) is 18.2 Å². The Bertz CT molecular complexity index is 611. The first-order valence-electron chi connectivity index (χ1n) is 5.60. The number of benzene rings is 2. The molecule has 0 aliphatic heterocycles. The van der Waals surface area contributed by atoms with Gasteiger partial charge in [-0.25, -0.2) is 9.59 Å². The van der Waals surface area contributed by atoms with Crippen molar-refractivity contribution in [1.82, 2.24) is 0 Å². The van der Waals surface area contributed by atoms with E-state index in [1.165, 1.54) is 42.5 Å². The van der Waals surface area contributed by atoms with E-state index in [0.29, 0.717) is 0 Å². The molecule has 0 amide bonds. The van der Waals surface area contributed by atoms with Crippen LogP contribution in [-0.4, -0.2) is 37.5 Å². The summed E-state index contributed by atoms with van der Waals surface area (Å²) >= 11 is 0. The van der Waals surface area contributed by atoms with Gasteiger partial charge in [-0.3, -0.25) is 0 Å². The lowest BCUT2D eigenvalue weighted by Crippen LogP contribution is -2.06. The fraction of sp³-hybridized carbons (Fsp3) is 0. The van der Waals surface area contributed by atoms with Crippen LogP contribution in [0.4, 0.5) is 0 Å². The SMILES string of the molecule is O=C(O)c1ccccc1C(=O)O.Oc1cccc(O)c1O. The summed E-state index contributed by atoms with van der Waals surface area (Å²) in [5.41, 5.74) is -0.380. The Labute approximate surface area is 119 Å². The van der Waals surface area contributed by atoms with Crippen LogP contribution < -0.4 is 0 Å². The smallest absolute Gasteiger partial charge is 0.336 e. The molecule has 0 aromatic heterocycles. The standard InChI is InChI=1S/C8H6O4.C6H6O3/c9-7(10)5-3-1-2-4-6(5)8(11)12;7-4-2-1-3-5(8)6(4)9/h1-4H,(H,9,10)(H,11,12);1-3,7-9H. The van der Waals surface area contributed by atoms with Gasteiger partial charge in [-0.15, -0.1) is 0 Å². The number of rotatable bonds is 2. The zero-order chi connectivity index (χ0) is 16.0. The van der Waals surface area contributed by atoms with Gasteiger partial charge in [0.15, 0.2) is 17.2 Å². The fourth-order valence-electron chi connectivity index (χ4n) is 1.38. The van der Waals surface area contributed by atoms with Crippen molar-refractivity contribution < 1.29 is 35.1 Å². The topological polar surface area (TPSA) is 135 Å². The van der Waals surface area contributed by atoms with Crippen LogP contribution in [0, 0.1) is 0 Å². The molecule has 0 aliphatic carbocycles. The van der Waals surface area contributed by atoms with Gasteiger partial charge >= 0.3 is 11.9 Å². The fourth-order valence-corrected chi connectivity index (χ4v) is 1.38. The maximum atomic E-state index is 10.5. The third-order valence-corrected chi connectivity index (χ3v) is 2.38. The molecular formula is C14H12O7. The van der Waals surface area contributed by atoms with Gasteiger partial charge in [0.2, 0.25) is 0 Å². The summed E-state index contributed by atoms with van der Waals surface area (Å²) in [5, 5.41) is 43.2. The molecule has 2 aromatic carbocycles. The molecule has 0 fully saturated rings. The predicted octanol–water partition coefficient (Wildman–Crippen LogP) is 1.89. The maximum absolute atomic E-state index is 10.5. The second kappa shape index (κ2) is 6.80. The van der Waals surface area contributed by atoms with E-state index in [1.54, 1.807) is 0 Å². The Hall–Kier alpha value is -3.22. The molecule has 0 spiro atoms. The molecule has 7 nitrogen and oxygen atoms in total. The van der Waals surface area contributed by atoms with Crippen molar-refractivity contribution in [3.8, 4) is 17.2 Å². The van der Waals surface area contributed by atoms with Crippen molar-refractivity contribution >= 4 is 11.9 Å². The van der Waals surface area contributed by atoms with Crippen molar-refractivity contribution in [3.05, 3.63) is 53.6 Å². The lowest BCUT2D eigenvalue weighted by Gasteiger charge is -1.98. The first-order valence-corrected chi connectivity index (χ1v) is 5.60. The van der Waals surface area contributed by atoms with Crippen LogP contribution in [0.5, 0.6) is 17.2 Å². The number of hydrogen-bond donors (Lipinski definition) is 5. The zero-order valence-electron chi connectivity index (χ0n) is 10.6. The highest BCUT2D eigenvalue weighted by molar-refractivity contribution is 6.01. The molecule has 5 N–H and O–H groups in total. The maximum Gasteiger partial charge on any atom is 0.336 e. The molecule has 2 aromatic rings. The van der Waals surface area contributed by atoms with E-state index < -0.39 is 17.7 Å². The number of phenolic OH excluding ortho intramolecular Hbond substituents is 3. The van der Waals surface area contributed by atoms with E-state index in [-0.39, 0.29) is 22.6 Å². The minimum atomic E-state index is -1.23. The molecule has 0 saturated heterocycles. The quantitative estimate of drug-likeness (QED) is 0.533. The summed E-state index contributed by atoms with van der Waals surface area (Å²) in [6.45, 7) is 0. The third-order valence-electron chi connectivity index (χ3n) is 2.38. The Morgan fingerprint density at radius 3 is 1.33 bits per heavy atom. The highest BCUT2D eigenvalue weighted by atomic mass is 16.4. The second-order valence-corrected chi connectivity index (χ2v) is 3.80. The summed E-state index contributed by atoms with van der Waals surface area (Å²) in [6.07, 6.45) is 0. The number of aromatic carboxylic acids is 2. The molecular weight excluding hydrogens is 280 g/mol. The van der Waals surface area contributed by atoms with Crippen LogP contribution in [0.2, 0.25) is 0 Å². The van der Waals surface area contributed by atoms with E-state index >= 15 is 0 Å². The molecule has 0 heterocycles. The van der Waals surface area contributed by atoms with Crippen LogP contribution in [0.15, 0.2) is 42.5 Å². The number of carboxylic acids is 2. The number of aromatic hydroxyl groups is 3. The molecule has 2 rings (SSSR count). The Kier molecular flexibility index (Phi) is 5.13. The Morgan fingerprint density at radius 2 is 1.05 bits per heavy atom. The van der Waals surface area contributed by atoms with Crippen LogP contribution >= 0.6 is 0 Å². The third kappa shape index (κ3) is 4.13. The predicted molar refractivity (Wildman–Crippen MR) is 71.8 cm³/mol. The number of phenols is 3. The van der Waals surface area contributed by atoms with Crippen LogP contribution in [0.1, 0.15) is 20.7 Å². The van der Waals surface area contributed by atoms with Crippen molar-refractivity contribution in [2.24, 2.45) is 0 Å². The summed E-state index contributed by atoms with van der Waals surface area (Å²) < 4.78 is 0. The van der Waals surface area contributed by atoms with Crippen molar-refractivity contribution in [2.75, 3.05) is 0 Å². The number of hydrogen-bond acceptors (Lipinski definition) is 5. The second-order valence-electron chi connectivity index (χ2n) is 3.80. The van der Waals surface area contributed by atoms with Gasteiger partial charge in [0.05, 0.1) is 11.1 Å². The molecule has 0 aliphatic rings. The molecule has 0 radical (unpaired) electrons. The van der Waals surface area contributed by atoms with Gasteiger partial charge in [-0.05, 0) is 24.3 Å². The lowest BCUT2D eigenvalue weighted by molar-refractivity contribution is 0.0651. The normalized spacial score (nSPS) is 9.33. The van der Waals surface area contributed by atoms with Gasteiger partial charge in [0.1, 0.15) is 0 Å². The van der Waals surface area contributed by atoms with E-state index in [2.05, 4.69) is 0 Å². The summed E-state index contributed by atoms with van der Waals surface area (Å²) in [6, 6.07) is 9.48. The zero-order valence-corrected chi connectivity index (χ0v) is 10.6. The van der Waals surface area contributed by atoms with E-state index in [1.807, 2.05) is 0 Å². The van der Waals surface area contributed by atoms with Crippen LogP contribution in [0.25, 0.3) is 0 Å². The molecule has 0 atom stereocenters. The van der Waals surface area contributed by atoms with E-state index in [4.69, 9.17) is 25.5 Å². The molecule has 0 unspecified atom stereocenters. The number of para-hydroxylation sites is 1. The first kappa shape index (κ1) is 15.8. The number of carbonyl (C=O) groups is 2. The van der Waals surface area contributed by atoms with Crippen LogP contribution in [0.3, 0.4) is 0 Å². The highest BCUT2D eigenvalue weighted by Crippen LogP contribution is 2.32. The van der Waals surface area contributed by atoms with Gasteiger partial charge < -0.3 is 25.5 Å². The molecule has 110 valence electrons. The lowest BCUT2D eigenvalue weighted by atomic mass is 10.1. The van der Waals surface area contributed by atoms with Crippen molar-refractivity contribution in [3.63, 3.8) is 0 Å². The summed E-state index contributed by atoms with van der Waals surface area (Å²) in [7, 11) is 0. The summed E-state index contributed by atoms with van der Waals surface area (Å²) in [4.78, 5) is 20.9. The van der Waals surface area contributed by atoms with Gasteiger partial charge in [-0.2, -0.15) is 0 Å². The molecule has 7 heteroatoms. The monoisotopic (exact) mass is 292 g/mol. The van der Waals surface area contributed by atoms with Crippen molar-refractivity contribution in [1.29, 1.82) is 0 Å². The average molecular weight is 292 g/mol. The number of carboxylic acid groups (broad SMARTS) is 2. The van der Waals surface area contributed by atoms with E-state index in [0.717, 1.165) is 0 Å². The molecule has 0 bridgehead atoms. The minimum Gasteiger partial charge on any atom is -0.504 e. The van der Waals surface area contributed by atoms with Crippen LogP contribution in [-0.2, 0) is 0 Å². The first-order chi connectivity index (χ1) is 9.84. The minimum absolute atomic E-state index is 0.190. The Morgan fingerprint density at radius 1 is 0.667 bits per heavy atom. The Balaban J connectivity index is 0.000000219. The average Bonchev–Trinajstić information content (AvgIpc) is 2.45. The summed E-state index contributed by atoms with van der Waals surface area (Å²) in [5.74, 6) is -3.55. The molecule has 0 saturated carbocycles. The van der Waals surface area contributed by atoms with E-state index in [9.17, 15) is 9.59 Å². The largest absolute Gasteiger partial charge is 0.504 e. The van der Waals surface area contributed by atoms with Gasteiger partial charge in [0.25, 0.3) is 0 Å².